The molecule has 4 aromatic rings. The maximum atomic E-state index is 12.8. The first-order chi connectivity index (χ1) is 15.5. The Hall–Kier alpha value is -3.78. The Morgan fingerprint density at radius 2 is 2.00 bits per heavy atom. The van der Waals surface area contributed by atoms with Gasteiger partial charge in [-0.3, -0.25) is 9.59 Å². The molecule has 0 N–H and O–H groups in total. The van der Waals surface area contributed by atoms with E-state index in [9.17, 15) is 9.59 Å². The van der Waals surface area contributed by atoms with Crippen LogP contribution in [0.4, 0.5) is 0 Å². The highest BCUT2D eigenvalue weighted by atomic mass is 32.1. The Bertz CT molecular complexity index is 1310. The molecule has 2 aromatic heterocycles. The van der Waals surface area contributed by atoms with Crippen molar-refractivity contribution in [2.75, 3.05) is 7.11 Å². The smallest absolute Gasteiger partial charge is 0.230 e. The standard InChI is InChI=1S/C24H22N4O3S/c1-16-20(13-25-28(15-29)14-17-8-7-11-19(12-17)31-3)22-23(27(16)2)26-24(32-22)21(30)18-9-5-4-6-10-18/h4-13,15H,14H2,1-3H3/b25-13-. The van der Waals surface area contributed by atoms with Crippen LogP contribution in [-0.4, -0.2) is 40.1 Å². The Labute approximate surface area is 189 Å². The molecule has 0 aliphatic rings. The van der Waals surface area contributed by atoms with Crippen LogP contribution in [0.1, 0.15) is 32.2 Å². The Kier molecular flexibility index (Phi) is 6.13. The van der Waals surface area contributed by atoms with Gasteiger partial charge in [0, 0.05) is 23.9 Å². The van der Waals surface area contributed by atoms with Gasteiger partial charge in [0.05, 0.1) is 24.6 Å². The largest absolute Gasteiger partial charge is 0.497 e. The van der Waals surface area contributed by atoms with Crippen LogP contribution in [0.15, 0.2) is 59.7 Å². The third-order valence-electron chi connectivity index (χ3n) is 5.23. The fourth-order valence-corrected chi connectivity index (χ4v) is 4.50. The summed E-state index contributed by atoms with van der Waals surface area (Å²) < 4.78 is 8.03. The van der Waals surface area contributed by atoms with Crippen molar-refractivity contribution in [2.45, 2.75) is 13.5 Å². The van der Waals surface area contributed by atoms with Crippen LogP contribution in [-0.2, 0) is 18.4 Å². The molecule has 0 unspecified atom stereocenters. The molecule has 32 heavy (non-hydrogen) atoms. The number of hydrogen-bond acceptors (Lipinski definition) is 6. The normalized spacial score (nSPS) is 11.2. The molecule has 0 saturated carbocycles. The van der Waals surface area contributed by atoms with Gasteiger partial charge in [0.25, 0.3) is 0 Å². The third-order valence-corrected chi connectivity index (χ3v) is 6.31. The molecule has 0 radical (unpaired) electrons. The second-order valence-electron chi connectivity index (χ2n) is 7.22. The van der Waals surface area contributed by atoms with Crippen LogP contribution in [0.3, 0.4) is 0 Å². The number of amides is 1. The summed E-state index contributed by atoms with van der Waals surface area (Å²) in [5, 5.41) is 6.13. The van der Waals surface area contributed by atoms with Crippen molar-refractivity contribution in [3.8, 4) is 5.75 Å². The Morgan fingerprint density at radius 1 is 1.22 bits per heavy atom. The summed E-state index contributed by atoms with van der Waals surface area (Å²) in [7, 11) is 3.50. The number of methoxy groups -OCH3 is 1. The van der Waals surface area contributed by atoms with Crippen molar-refractivity contribution >= 4 is 40.1 Å². The summed E-state index contributed by atoms with van der Waals surface area (Å²) in [6, 6.07) is 16.6. The quantitative estimate of drug-likeness (QED) is 0.176. The van der Waals surface area contributed by atoms with Gasteiger partial charge in [0.1, 0.15) is 5.75 Å². The van der Waals surface area contributed by atoms with E-state index in [1.54, 1.807) is 25.5 Å². The van der Waals surface area contributed by atoms with Gasteiger partial charge in [-0.1, -0.05) is 42.5 Å². The van der Waals surface area contributed by atoms with E-state index in [-0.39, 0.29) is 5.78 Å². The van der Waals surface area contributed by atoms with Gasteiger partial charge in [-0.2, -0.15) is 5.10 Å². The zero-order valence-electron chi connectivity index (χ0n) is 18.0. The number of ether oxygens (including phenoxy) is 1. The summed E-state index contributed by atoms with van der Waals surface area (Å²) in [6.07, 6.45) is 2.34. The molecule has 1 amide bonds. The van der Waals surface area contributed by atoms with E-state index in [2.05, 4.69) is 10.1 Å². The first kappa shape index (κ1) is 21.5. The minimum Gasteiger partial charge on any atom is -0.497 e. The van der Waals surface area contributed by atoms with E-state index in [0.717, 1.165) is 32.9 Å². The highest BCUT2D eigenvalue weighted by Gasteiger charge is 2.20. The van der Waals surface area contributed by atoms with Gasteiger partial charge in [0.15, 0.2) is 10.7 Å². The molecule has 7 nitrogen and oxygen atoms in total. The third kappa shape index (κ3) is 4.17. The summed E-state index contributed by atoms with van der Waals surface area (Å²) in [6.45, 7) is 2.27. The predicted molar refractivity (Wildman–Crippen MR) is 125 cm³/mol. The second kappa shape index (κ2) is 9.15. The number of aromatic nitrogens is 2. The molecule has 0 bridgehead atoms. The maximum Gasteiger partial charge on any atom is 0.230 e. The van der Waals surface area contributed by atoms with E-state index in [1.165, 1.54) is 16.3 Å². The number of hydrogen-bond donors (Lipinski definition) is 0. The summed E-state index contributed by atoms with van der Waals surface area (Å²) >= 11 is 1.33. The Balaban J connectivity index is 1.63. The SMILES string of the molecule is COc1cccc(CN(C=O)/N=C\c2c(C)n(C)c3nc(C(=O)c4ccccc4)sc23)c1. The lowest BCUT2D eigenvalue weighted by molar-refractivity contribution is -0.118. The molecular weight excluding hydrogens is 424 g/mol. The highest BCUT2D eigenvalue weighted by Crippen LogP contribution is 2.30. The minimum atomic E-state index is -0.111. The van der Waals surface area contributed by atoms with Crippen LogP contribution in [0.25, 0.3) is 10.3 Å². The number of fused-ring (bicyclic) bond motifs is 1. The zero-order chi connectivity index (χ0) is 22.7. The van der Waals surface area contributed by atoms with Crippen molar-refractivity contribution < 1.29 is 14.3 Å². The molecule has 0 aliphatic heterocycles. The molecule has 2 heterocycles. The number of aryl methyl sites for hydroxylation is 1. The van der Waals surface area contributed by atoms with Gasteiger partial charge in [-0.05, 0) is 24.6 Å². The van der Waals surface area contributed by atoms with Crippen LogP contribution in [0, 0.1) is 6.92 Å². The summed E-state index contributed by atoms with van der Waals surface area (Å²) in [5.74, 6) is 0.609. The van der Waals surface area contributed by atoms with E-state index in [0.29, 0.717) is 23.5 Å². The van der Waals surface area contributed by atoms with Gasteiger partial charge in [0.2, 0.25) is 12.2 Å². The number of benzene rings is 2. The van der Waals surface area contributed by atoms with Gasteiger partial charge < -0.3 is 9.30 Å². The number of nitrogens with zero attached hydrogens (tertiary/aromatic N) is 4. The number of hydrazone groups is 1. The van der Waals surface area contributed by atoms with Crippen LogP contribution < -0.4 is 4.74 Å². The van der Waals surface area contributed by atoms with E-state index >= 15 is 0 Å². The summed E-state index contributed by atoms with van der Waals surface area (Å²) in [5.41, 5.74) is 4.01. The van der Waals surface area contributed by atoms with E-state index in [1.807, 2.05) is 61.0 Å². The molecule has 0 atom stereocenters. The molecule has 4 rings (SSSR count). The molecule has 0 aliphatic carbocycles. The predicted octanol–water partition coefficient (Wildman–Crippen LogP) is 4.18. The molecule has 0 spiro atoms. The van der Waals surface area contributed by atoms with Gasteiger partial charge >= 0.3 is 0 Å². The molecule has 0 fully saturated rings. The zero-order valence-corrected chi connectivity index (χ0v) is 18.8. The van der Waals surface area contributed by atoms with Gasteiger partial charge in [-0.25, -0.2) is 9.99 Å². The second-order valence-corrected chi connectivity index (χ2v) is 8.22. The number of carbonyl (C=O) groups is 2. The van der Waals surface area contributed by atoms with Crippen LogP contribution in [0.2, 0.25) is 0 Å². The molecule has 0 saturated heterocycles. The molecule has 8 heteroatoms. The van der Waals surface area contributed by atoms with Crippen molar-refractivity contribution in [1.82, 2.24) is 14.6 Å². The van der Waals surface area contributed by atoms with Crippen molar-refractivity contribution in [1.29, 1.82) is 0 Å². The lowest BCUT2D eigenvalue weighted by Crippen LogP contribution is -2.15. The maximum absolute atomic E-state index is 12.8. The number of rotatable bonds is 8. The number of ketones is 1. The molecule has 162 valence electrons. The van der Waals surface area contributed by atoms with Gasteiger partial charge in [-0.15, -0.1) is 11.3 Å². The fraction of sp³-hybridized carbons (Fsp3) is 0.167. The lowest BCUT2D eigenvalue weighted by atomic mass is 10.1. The van der Waals surface area contributed by atoms with Crippen LogP contribution in [0.5, 0.6) is 5.75 Å². The summed E-state index contributed by atoms with van der Waals surface area (Å²) in [4.78, 5) is 29.0. The van der Waals surface area contributed by atoms with Crippen molar-refractivity contribution in [2.24, 2.45) is 12.1 Å². The molecule has 2 aromatic carbocycles. The first-order valence-electron chi connectivity index (χ1n) is 9.96. The van der Waals surface area contributed by atoms with E-state index in [4.69, 9.17) is 4.74 Å². The van der Waals surface area contributed by atoms with Crippen molar-refractivity contribution in [3.63, 3.8) is 0 Å². The number of carbonyl (C=O) groups excluding carboxylic acids is 2. The van der Waals surface area contributed by atoms with Crippen LogP contribution >= 0.6 is 11.3 Å². The highest BCUT2D eigenvalue weighted by molar-refractivity contribution is 7.20. The fourth-order valence-electron chi connectivity index (χ4n) is 3.38. The van der Waals surface area contributed by atoms with E-state index < -0.39 is 0 Å². The van der Waals surface area contributed by atoms with Crippen molar-refractivity contribution in [3.05, 3.63) is 82.0 Å². The minimum absolute atomic E-state index is 0.111. The Morgan fingerprint density at radius 3 is 2.72 bits per heavy atom. The number of thiazole rings is 1. The molecular formula is C24H22N4O3S. The lowest BCUT2D eigenvalue weighted by Gasteiger charge is -2.11. The topological polar surface area (TPSA) is 76.8 Å². The average molecular weight is 447 g/mol. The first-order valence-corrected chi connectivity index (χ1v) is 10.8. The monoisotopic (exact) mass is 446 g/mol. The average Bonchev–Trinajstić information content (AvgIpc) is 3.36.